The molecule has 0 radical (unpaired) electrons. The Morgan fingerprint density at radius 2 is 1.72 bits per heavy atom. The van der Waals surface area contributed by atoms with Gasteiger partial charge in [0, 0.05) is 43.9 Å². The van der Waals surface area contributed by atoms with Gasteiger partial charge in [0.15, 0.2) is 0 Å². The molecule has 1 heterocycles. The Labute approximate surface area is 218 Å². The predicted octanol–water partition coefficient (Wildman–Crippen LogP) is 5.93. The number of aryl methyl sites for hydroxylation is 1. The van der Waals surface area contributed by atoms with Crippen LogP contribution in [0.25, 0.3) is 0 Å². The summed E-state index contributed by atoms with van der Waals surface area (Å²) in [4.78, 5) is 30.6. The molecule has 0 saturated carbocycles. The van der Waals surface area contributed by atoms with Gasteiger partial charge in [-0.25, -0.2) is 0 Å². The molecule has 2 aromatic rings. The first-order chi connectivity index (χ1) is 17.4. The Kier molecular flexibility index (Phi) is 11.0. The summed E-state index contributed by atoms with van der Waals surface area (Å²) in [5, 5.41) is 2.70. The van der Waals surface area contributed by atoms with Crippen molar-refractivity contribution in [1.82, 2.24) is 15.1 Å². The zero-order chi connectivity index (χ0) is 25.9. The van der Waals surface area contributed by atoms with Gasteiger partial charge in [-0.1, -0.05) is 57.9 Å². The summed E-state index contributed by atoms with van der Waals surface area (Å²) >= 11 is 0. The van der Waals surface area contributed by atoms with Crippen molar-refractivity contribution in [3.8, 4) is 0 Å². The third-order valence-corrected chi connectivity index (χ3v) is 7.32. The van der Waals surface area contributed by atoms with Crippen molar-refractivity contribution in [2.75, 3.05) is 26.7 Å². The minimum atomic E-state index is -0.105. The quantitative estimate of drug-likeness (QED) is 0.374. The van der Waals surface area contributed by atoms with Gasteiger partial charge in [0.05, 0.1) is 0 Å². The molecular weight excluding hydrogens is 446 g/mol. The Balaban J connectivity index is 1.76. The van der Waals surface area contributed by atoms with Gasteiger partial charge in [-0.2, -0.15) is 0 Å². The highest BCUT2D eigenvalue weighted by atomic mass is 16.2. The topological polar surface area (TPSA) is 52.7 Å². The summed E-state index contributed by atoms with van der Waals surface area (Å²) in [5.74, 6) is 0.686. The average molecular weight is 492 g/mol. The molecule has 5 nitrogen and oxygen atoms in total. The van der Waals surface area contributed by atoms with E-state index in [1.807, 2.05) is 36.4 Å². The molecule has 0 unspecified atom stereocenters. The molecule has 3 rings (SSSR count). The van der Waals surface area contributed by atoms with Crippen molar-refractivity contribution in [1.29, 1.82) is 0 Å². The maximum absolute atomic E-state index is 13.8. The lowest BCUT2D eigenvalue weighted by Gasteiger charge is -2.39. The second-order valence-corrected chi connectivity index (χ2v) is 10.6. The van der Waals surface area contributed by atoms with Crippen molar-refractivity contribution < 1.29 is 9.59 Å². The number of unbranched alkanes of at least 4 members (excludes halogenated alkanes) is 2. The molecule has 0 aromatic heterocycles. The number of carbonyl (C=O) groups excluding carboxylic acids is 2. The van der Waals surface area contributed by atoms with Crippen LogP contribution in [0.1, 0.15) is 91.1 Å². The zero-order valence-corrected chi connectivity index (χ0v) is 22.8. The minimum Gasteiger partial charge on any atom is -0.355 e. The van der Waals surface area contributed by atoms with Crippen LogP contribution in [-0.2, 0) is 13.0 Å². The fraction of sp³-hybridized carbons (Fsp3) is 0.548. The van der Waals surface area contributed by atoms with Crippen LogP contribution >= 0.6 is 0 Å². The van der Waals surface area contributed by atoms with Crippen molar-refractivity contribution >= 4 is 11.8 Å². The SMILES string of the molecule is CCCCCc1ccc(C(=O)N(Cc2cccc(C(=O)NC)c2)C2CCN(CCC(C)C)CC2)cc1. The van der Waals surface area contributed by atoms with Gasteiger partial charge in [0.25, 0.3) is 11.8 Å². The third-order valence-electron chi connectivity index (χ3n) is 7.32. The third kappa shape index (κ3) is 8.19. The van der Waals surface area contributed by atoms with E-state index in [0.717, 1.165) is 50.0 Å². The van der Waals surface area contributed by atoms with Gasteiger partial charge in [0.2, 0.25) is 0 Å². The van der Waals surface area contributed by atoms with Crippen LogP contribution in [0.4, 0.5) is 0 Å². The summed E-state index contributed by atoms with van der Waals surface area (Å²) < 4.78 is 0. The summed E-state index contributed by atoms with van der Waals surface area (Å²) in [7, 11) is 1.64. The molecule has 2 amide bonds. The number of likely N-dealkylation sites (tertiary alicyclic amines) is 1. The van der Waals surface area contributed by atoms with Gasteiger partial charge in [0.1, 0.15) is 0 Å². The van der Waals surface area contributed by atoms with Crippen molar-refractivity contribution in [2.45, 2.75) is 78.3 Å². The van der Waals surface area contributed by atoms with Crippen LogP contribution in [-0.4, -0.2) is 54.3 Å². The fourth-order valence-corrected chi connectivity index (χ4v) is 4.97. The number of hydrogen-bond donors (Lipinski definition) is 1. The molecule has 1 N–H and O–H groups in total. The Bertz CT molecular complexity index is 962. The number of nitrogens with zero attached hydrogens (tertiary/aromatic N) is 2. The molecule has 196 valence electrons. The second-order valence-electron chi connectivity index (χ2n) is 10.6. The van der Waals surface area contributed by atoms with Gasteiger partial charge >= 0.3 is 0 Å². The molecule has 0 aliphatic carbocycles. The van der Waals surface area contributed by atoms with Crippen LogP contribution in [0.15, 0.2) is 48.5 Å². The molecule has 5 heteroatoms. The molecule has 1 fully saturated rings. The lowest BCUT2D eigenvalue weighted by atomic mass is 9.99. The van der Waals surface area contributed by atoms with Gasteiger partial charge < -0.3 is 15.1 Å². The summed E-state index contributed by atoms with van der Waals surface area (Å²) in [6.07, 6.45) is 7.87. The number of nitrogens with one attached hydrogen (secondary N) is 1. The number of piperidine rings is 1. The van der Waals surface area contributed by atoms with Crippen LogP contribution in [0.5, 0.6) is 0 Å². The number of benzene rings is 2. The van der Waals surface area contributed by atoms with E-state index in [1.165, 1.54) is 31.2 Å². The smallest absolute Gasteiger partial charge is 0.254 e. The normalized spacial score (nSPS) is 14.7. The Morgan fingerprint density at radius 1 is 1.00 bits per heavy atom. The molecule has 0 bridgehead atoms. The molecule has 1 saturated heterocycles. The fourth-order valence-electron chi connectivity index (χ4n) is 4.97. The van der Waals surface area contributed by atoms with E-state index >= 15 is 0 Å². The summed E-state index contributed by atoms with van der Waals surface area (Å²) in [5.41, 5.74) is 3.66. The van der Waals surface area contributed by atoms with Crippen LogP contribution in [0.2, 0.25) is 0 Å². The Hall–Kier alpha value is -2.66. The van der Waals surface area contributed by atoms with Gasteiger partial charge in [-0.3, -0.25) is 9.59 Å². The standard InChI is InChI=1S/C31H45N3O2/c1-5-6-7-9-25-12-14-27(15-13-25)31(36)34(23-26-10-8-11-28(22-26)30(35)32-4)29-17-20-33(21-18-29)19-16-24(2)3/h8,10-15,22,24,29H,5-7,9,16-21,23H2,1-4H3,(H,32,35). The molecule has 2 aromatic carbocycles. The monoisotopic (exact) mass is 491 g/mol. The van der Waals surface area contributed by atoms with E-state index in [1.54, 1.807) is 7.05 Å². The lowest BCUT2D eigenvalue weighted by Crippen LogP contribution is -2.47. The van der Waals surface area contributed by atoms with Crippen LogP contribution in [0.3, 0.4) is 0 Å². The maximum atomic E-state index is 13.8. The van der Waals surface area contributed by atoms with Crippen molar-refractivity contribution in [3.05, 3.63) is 70.8 Å². The first-order valence-corrected chi connectivity index (χ1v) is 13.8. The highest BCUT2D eigenvalue weighted by Gasteiger charge is 2.29. The molecular formula is C31H45N3O2. The summed E-state index contributed by atoms with van der Waals surface area (Å²) in [6.45, 7) is 10.5. The van der Waals surface area contributed by atoms with Crippen LogP contribution in [0, 0.1) is 5.92 Å². The molecule has 1 aliphatic heterocycles. The highest BCUT2D eigenvalue weighted by Crippen LogP contribution is 2.23. The number of carbonyl (C=O) groups is 2. The maximum Gasteiger partial charge on any atom is 0.254 e. The summed E-state index contributed by atoms with van der Waals surface area (Å²) in [6, 6.07) is 16.1. The minimum absolute atomic E-state index is 0.0843. The number of hydrogen-bond acceptors (Lipinski definition) is 3. The second kappa shape index (κ2) is 14.2. The average Bonchev–Trinajstić information content (AvgIpc) is 2.91. The molecule has 36 heavy (non-hydrogen) atoms. The first kappa shape index (κ1) is 27.9. The first-order valence-electron chi connectivity index (χ1n) is 13.8. The van der Waals surface area contributed by atoms with E-state index in [0.29, 0.717) is 18.0 Å². The zero-order valence-electron chi connectivity index (χ0n) is 22.8. The van der Waals surface area contributed by atoms with E-state index in [-0.39, 0.29) is 17.9 Å². The largest absolute Gasteiger partial charge is 0.355 e. The van der Waals surface area contributed by atoms with Crippen LogP contribution < -0.4 is 5.32 Å². The highest BCUT2D eigenvalue weighted by molar-refractivity contribution is 5.95. The molecule has 0 atom stereocenters. The van der Waals surface area contributed by atoms with E-state index in [4.69, 9.17) is 0 Å². The van der Waals surface area contributed by atoms with Crippen molar-refractivity contribution in [2.24, 2.45) is 5.92 Å². The van der Waals surface area contributed by atoms with Crippen molar-refractivity contribution in [3.63, 3.8) is 0 Å². The number of rotatable bonds is 12. The number of amides is 2. The van der Waals surface area contributed by atoms with E-state index < -0.39 is 0 Å². The van der Waals surface area contributed by atoms with Gasteiger partial charge in [-0.15, -0.1) is 0 Å². The Morgan fingerprint density at radius 3 is 2.36 bits per heavy atom. The molecule has 1 aliphatic rings. The van der Waals surface area contributed by atoms with Gasteiger partial charge in [-0.05, 0) is 80.0 Å². The van der Waals surface area contributed by atoms with E-state index in [9.17, 15) is 9.59 Å². The lowest BCUT2D eigenvalue weighted by molar-refractivity contribution is 0.0546. The molecule has 0 spiro atoms. The van der Waals surface area contributed by atoms with E-state index in [2.05, 4.69) is 48.0 Å². The predicted molar refractivity (Wildman–Crippen MR) is 148 cm³/mol.